The molecule has 4 nitrogen and oxygen atoms in total. The fourth-order valence-electron chi connectivity index (χ4n) is 4.32. The largest absolute Gasteiger partial charge is 0.342 e. The van der Waals surface area contributed by atoms with Crippen molar-refractivity contribution in [2.24, 2.45) is 11.8 Å². The number of hydrogen-bond acceptors (Lipinski definition) is 2. The van der Waals surface area contributed by atoms with Crippen LogP contribution in [0.3, 0.4) is 0 Å². The summed E-state index contributed by atoms with van der Waals surface area (Å²) >= 11 is 0. The molecule has 1 fully saturated rings. The van der Waals surface area contributed by atoms with Gasteiger partial charge in [-0.15, -0.1) is 0 Å². The molecule has 1 aliphatic carbocycles. The number of carbonyl (C=O) groups excluding carboxylic acids is 2. The molecular formula is C21H30N2O2. The van der Waals surface area contributed by atoms with Gasteiger partial charge in [0.15, 0.2) is 0 Å². The number of nitrogens with zero attached hydrogens (tertiary/aromatic N) is 2. The average molecular weight is 342 g/mol. The minimum absolute atomic E-state index is 0.00296. The van der Waals surface area contributed by atoms with Gasteiger partial charge in [-0.25, -0.2) is 0 Å². The van der Waals surface area contributed by atoms with E-state index in [9.17, 15) is 9.59 Å². The predicted octanol–water partition coefficient (Wildman–Crippen LogP) is 3.42. The zero-order valence-electron chi connectivity index (χ0n) is 15.7. The highest BCUT2D eigenvalue weighted by Crippen LogP contribution is 2.35. The van der Waals surface area contributed by atoms with Gasteiger partial charge >= 0.3 is 0 Å². The number of carbonyl (C=O) groups is 2. The predicted molar refractivity (Wildman–Crippen MR) is 99.0 cm³/mol. The van der Waals surface area contributed by atoms with E-state index in [0.29, 0.717) is 6.54 Å². The molecule has 4 heteroatoms. The Hall–Kier alpha value is -1.84. The maximum absolute atomic E-state index is 13.1. The van der Waals surface area contributed by atoms with E-state index in [1.807, 2.05) is 30.7 Å². The summed E-state index contributed by atoms with van der Waals surface area (Å²) in [4.78, 5) is 29.3. The van der Waals surface area contributed by atoms with Gasteiger partial charge < -0.3 is 9.80 Å². The quantitative estimate of drug-likeness (QED) is 0.844. The highest BCUT2D eigenvalue weighted by atomic mass is 16.2. The first-order chi connectivity index (χ1) is 12.0. The number of benzene rings is 1. The number of hydrogen-bond donors (Lipinski definition) is 0. The van der Waals surface area contributed by atoms with Gasteiger partial charge in [0.25, 0.3) is 0 Å². The SMILES string of the molecule is CC(C)C(=O)N1CCC[C@H](C(=O)N(C)[C@H]2CCCc3ccccc32)C1. The average Bonchev–Trinajstić information content (AvgIpc) is 2.65. The molecular weight excluding hydrogens is 312 g/mol. The normalized spacial score (nSPS) is 23.3. The van der Waals surface area contributed by atoms with Crippen molar-refractivity contribution in [3.05, 3.63) is 35.4 Å². The van der Waals surface area contributed by atoms with Crippen LogP contribution in [-0.4, -0.2) is 41.8 Å². The van der Waals surface area contributed by atoms with Crippen molar-refractivity contribution in [2.75, 3.05) is 20.1 Å². The molecule has 2 atom stereocenters. The van der Waals surface area contributed by atoms with Crippen LogP contribution in [0.15, 0.2) is 24.3 Å². The fourth-order valence-corrected chi connectivity index (χ4v) is 4.32. The zero-order valence-corrected chi connectivity index (χ0v) is 15.7. The third kappa shape index (κ3) is 3.73. The zero-order chi connectivity index (χ0) is 18.0. The Morgan fingerprint density at radius 3 is 2.68 bits per heavy atom. The topological polar surface area (TPSA) is 40.6 Å². The van der Waals surface area contributed by atoms with Crippen LogP contribution in [0.5, 0.6) is 0 Å². The van der Waals surface area contributed by atoms with E-state index in [1.54, 1.807) is 0 Å². The lowest BCUT2D eigenvalue weighted by atomic mass is 9.86. The Morgan fingerprint density at radius 1 is 1.16 bits per heavy atom. The molecule has 3 rings (SSSR count). The second-order valence-corrected chi connectivity index (χ2v) is 7.83. The van der Waals surface area contributed by atoms with Crippen LogP contribution in [0.1, 0.15) is 56.7 Å². The molecule has 1 saturated heterocycles. The van der Waals surface area contributed by atoms with Gasteiger partial charge in [-0.1, -0.05) is 38.1 Å². The summed E-state index contributed by atoms with van der Waals surface area (Å²) in [6.07, 6.45) is 5.07. The lowest BCUT2D eigenvalue weighted by Crippen LogP contribution is -2.47. The van der Waals surface area contributed by atoms with Crippen molar-refractivity contribution in [2.45, 2.75) is 52.0 Å². The first-order valence-corrected chi connectivity index (χ1v) is 9.62. The number of piperidine rings is 1. The van der Waals surface area contributed by atoms with Crippen LogP contribution in [-0.2, 0) is 16.0 Å². The molecule has 0 N–H and O–H groups in total. The van der Waals surface area contributed by atoms with Gasteiger partial charge in [0.2, 0.25) is 11.8 Å². The third-order valence-corrected chi connectivity index (χ3v) is 5.73. The Balaban J connectivity index is 1.72. The Kier molecular flexibility index (Phi) is 5.45. The summed E-state index contributed by atoms with van der Waals surface area (Å²) in [5, 5.41) is 0. The molecule has 0 aromatic heterocycles. The molecule has 0 spiro atoms. The van der Waals surface area contributed by atoms with Crippen LogP contribution in [0.25, 0.3) is 0 Å². The van der Waals surface area contributed by atoms with Crippen molar-refractivity contribution < 1.29 is 9.59 Å². The second kappa shape index (κ2) is 7.59. The lowest BCUT2D eigenvalue weighted by Gasteiger charge is -2.38. The van der Waals surface area contributed by atoms with Crippen LogP contribution in [0.4, 0.5) is 0 Å². The molecule has 1 aromatic carbocycles. The minimum atomic E-state index is -0.0597. The standard InChI is InChI=1S/C21H30N2O2/c1-15(2)20(24)23-13-7-10-17(14-23)21(25)22(3)19-12-6-9-16-8-4-5-11-18(16)19/h4-5,8,11,15,17,19H,6-7,9-10,12-14H2,1-3H3/t17-,19-/m0/s1. The molecule has 25 heavy (non-hydrogen) atoms. The molecule has 0 bridgehead atoms. The highest BCUT2D eigenvalue weighted by molar-refractivity contribution is 5.82. The van der Waals surface area contributed by atoms with Gasteiger partial charge in [-0.3, -0.25) is 9.59 Å². The molecule has 1 aromatic rings. The van der Waals surface area contributed by atoms with Gasteiger partial charge in [0.05, 0.1) is 12.0 Å². The number of rotatable bonds is 3. The number of amides is 2. The van der Waals surface area contributed by atoms with Crippen molar-refractivity contribution in [3.8, 4) is 0 Å². The second-order valence-electron chi connectivity index (χ2n) is 7.83. The minimum Gasteiger partial charge on any atom is -0.342 e. The first kappa shape index (κ1) is 18.0. The lowest BCUT2D eigenvalue weighted by molar-refractivity contribution is -0.143. The van der Waals surface area contributed by atoms with Crippen molar-refractivity contribution in [1.82, 2.24) is 9.80 Å². The molecule has 0 saturated carbocycles. The number of aryl methyl sites for hydroxylation is 1. The van der Waals surface area contributed by atoms with Gasteiger partial charge in [0.1, 0.15) is 0 Å². The van der Waals surface area contributed by atoms with Gasteiger partial charge in [-0.05, 0) is 43.2 Å². The highest BCUT2D eigenvalue weighted by Gasteiger charge is 2.34. The molecule has 0 unspecified atom stereocenters. The molecule has 2 amide bonds. The van der Waals surface area contributed by atoms with Gasteiger partial charge in [0, 0.05) is 26.1 Å². The monoisotopic (exact) mass is 342 g/mol. The van der Waals surface area contributed by atoms with E-state index >= 15 is 0 Å². The van der Waals surface area contributed by atoms with E-state index in [0.717, 1.165) is 38.6 Å². The number of likely N-dealkylation sites (tertiary alicyclic amines) is 1. The van der Waals surface area contributed by atoms with Crippen LogP contribution in [0.2, 0.25) is 0 Å². The van der Waals surface area contributed by atoms with E-state index < -0.39 is 0 Å². The molecule has 2 aliphatic rings. The molecule has 136 valence electrons. The summed E-state index contributed by atoms with van der Waals surface area (Å²) in [7, 11) is 1.94. The Morgan fingerprint density at radius 2 is 1.92 bits per heavy atom. The Labute approximate surface area is 151 Å². The smallest absolute Gasteiger partial charge is 0.227 e. The summed E-state index contributed by atoms with van der Waals surface area (Å²) < 4.78 is 0. The van der Waals surface area contributed by atoms with E-state index in [4.69, 9.17) is 0 Å². The fraction of sp³-hybridized carbons (Fsp3) is 0.619. The van der Waals surface area contributed by atoms with E-state index in [2.05, 4.69) is 24.3 Å². The van der Waals surface area contributed by atoms with Crippen LogP contribution >= 0.6 is 0 Å². The van der Waals surface area contributed by atoms with Crippen LogP contribution < -0.4 is 0 Å². The summed E-state index contributed by atoms with van der Waals surface area (Å²) in [5.74, 6) is 0.304. The van der Waals surface area contributed by atoms with Crippen molar-refractivity contribution in [3.63, 3.8) is 0 Å². The number of fused-ring (bicyclic) bond motifs is 1. The maximum Gasteiger partial charge on any atom is 0.227 e. The summed E-state index contributed by atoms with van der Waals surface area (Å²) in [6, 6.07) is 8.68. The van der Waals surface area contributed by atoms with Crippen molar-refractivity contribution in [1.29, 1.82) is 0 Å². The van der Waals surface area contributed by atoms with Crippen molar-refractivity contribution >= 4 is 11.8 Å². The summed E-state index contributed by atoms with van der Waals surface area (Å²) in [6.45, 7) is 5.23. The first-order valence-electron chi connectivity index (χ1n) is 9.62. The summed E-state index contributed by atoms with van der Waals surface area (Å²) in [5.41, 5.74) is 2.68. The molecule has 1 heterocycles. The third-order valence-electron chi connectivity index (χ3n) is 5.73. The Bertz CT molecular complexity index is 641. The maximum atomic E-state index is 13.1. The molecule has 0 radical (unpaired) electrons. The van der Waals surface area contributed by atoms with Crippen LogP contribution in [0, 0.1) is 11.8 Å². The van der Waals surface area contributed by atoms with E-state index in [1.165, 1.54) is 11.1 Å². The van der Waals surface area contributed by atoms with Gasteiger partial charge in [-0.2, -0.15) is 0 Å². The van der Waals surface area contributed by atoms with E-state index in [-0.39, 0.29) is 29.7 Å². The molecule has 1 aliphatic heterocycles.